The second-order valence-electron chi connectivity index (χ2n) is 5.05. The van der Waals surface area contributed by atoms with E-state index in [1.165, 1.54) is 30.3 Å². The van der Waals surface area contributed by atoms with E-state index >= 15 is 0 Å². The van der Waals surface area contributed by atoms with Crippen LogP contribution in [0.3, 0.4) is 0 Å². The third-order valence-electron chi connectivity index (χ3n) is 3.30. The van der Waals surface area contributed by atoms with Gasteiger partial charge < -0.3 is 9.84 Å². The quantitative estimate of drug-likeness (QED) is 0.354. The number of hydrazine groups is 1. The number of nitro groups is 1. The summed E-state index contributed by atoms with van der Waals surface area (Å²) in [4.78, 5) is 33.0. The lowest BCUT2D eigenvalue weighted by atomic mass is 10.1. The Bertz CT molecular complexity index is 791. The first-order chi connectivity index (χ1) is 11.9. The molecule has 0 aliphatic carbocycles. The molecule has 25 heavy (non-hydrogen) atoms. The highest BCUT2D eigenvalue weighted by molar-refractivity contribution is 5.88. The van der Waals surface area contributed by atoms with Gasteiger partial charge in [0.2, 0.25) is 0 Å². The van der Waals surface area contributed by atoms with Crippen LogP contribution in [0.5, 0.6) is 0 Å². The van der Waals surface area contributed by atoms with Crippen LogP contribution in [0.2, 0.25) is 0 Å². The molecular formula is C16H15N3O6. The summed E-state index contributed by atoms with van der Waals surface area (Å²) in [7, 11) is 0. The summed E-state index contributed by atoms with van der Waals surface area (Å²) < 4.78 is 5.05. The van der Waals surface area contributed by atoms with Crippen molar-refractivity contribution in [1.82, 2.24) is 0 Å². The predicted molar refractivity (Wildman–Crippen MR) is 87.7 cm³/mol. The summed E-state index contributed by atoms with van der Waals surface area (Å²) in [5.41, 5.74) is 1.06. The number of hydrogen-bond acceptors (Lipinski definition) is 6. The first-order valence-electron chi connectivity index (χ1n) is 7.13. The largest absolute Gasteiger partial charge is 0.481 e. The summed E-state index contributed by atoms with van der Waals surface area (Å²) in [5, 5.41) is 20.2. The van der Waals surface area contributed by atoms with Gasteiger partial charge in [-0.05, 0) is 29.3 Å². The van der Waals surface area contributed by atoms with Crippen molar-refractivity contribution in [2.24, 2.45) is 5.84 Å². The van der Waals surface area contributed by atoms with E-state index in [2.05, 4.69) is 0 Å². The number of carbonyl (C=O) groups is 2. The van der Waals surface area contributed by atoms with Crippen molar-refractivity contribution in [1.29, 1.82) is 0 Å². The first kappa shape index (κ1) is 17.9. The monoisotopic (exact) mass is 345 g/mol. The molecule has 0 aliphatic rings. The lowest BCUT2D eigenvalue weighted by Gasteiger charge is -2.19. The highest BCUT2D eigenvalue weighted by Gasteiger charge is 2.18. The molecule has 0 unspecified atom stereocenters. The fraction of sp³-hybridized carbons (Fsp3) is 0.125. The van der Waals surface area contributed by atoms with Crippen molar-refractivity contribution in [2.45, 2.75) is 13.0 Å². The molecule has 2 aromatic carbocycles. The number of para-hydroxylation sites is 1. The van der Waals surface area contributed by atoms with Crippen LogP contribution < -0.4 is 10.9 Å². The molecular weight excluding hydrogens is 330 g/mol. The number of aliphatic carboxylic acids is 1. The van der Waals surface area contributed by atoms with Crippen LogP contribution in [0, 0.1) is 10.1 Å². The summed E-state index contributed by atoms with van der Waals surface area (Å²) >= 11 is 0. The lowest BCUT2D eigenvalue weighted by Crippen LogP contribution is -2.38. The number of carbonyl (C=O) groups excluding carboxylic acids is 1. The van der Waals surface area contributed by atoms with Gasteiger partial charge in [-0.2, -0.15) is 0 Å². The maximum Gasteiger partial charge on any atom is 0.429 e. The number of amides is 1. The molecule has 0 aromatic heterocycles. The average molecular weight is 345 g/mol. The van der Waals surface area contributed by atoms with Crippen molar-refractivity contribution < 1.29 is 24.4 Å². The van der Waals surface area contributed by atoms with Gasteiger partial charge in [-0.3, -0.25) is 14.9 Å². The highest BCUT2D eigenvalue weighted by Crippen LogP contribution is 2.20. The van der Waals surface area contributed by atoms with E-state index < -0.39 is 17.0 Å². The smallest absolute Gasteiger partial charge is 0.429 e. The fourth-order valence-electron chi connectivity index (χ4n) is 2.09. The van der Waals surface area contributed by atoms with Crippen molar-refractivity contribution >= 4 is 23.4 Å². The molecule has 0 aliphatic heterocycles. The third-order valence-corrected chi connectivity index (χ3v) is 3.30. The number of carboxylic acid groups (broad SMARTS) is 1. The number of hydrogen-bond donors (Lipinski definition) is 2. The van der Waals surface area contributed by atoms with Gasteiger partial charge in [-0.15, -0.1) is 0 Å². The molecule has 0 saturated heterocycles. The molecule has 2 rings (SSSR count). The first-order valence-corrected chi connectivity index (χ1v) is 7.13. The number of nitro benzene ring substituents is 1. The molecule has 9 heteroatoms. The maximum absolute atomic E-state index is 12.1. The van der Waals surface area contributed by atoms with Gasteiger partial charge in [0.1, 0.15) is 6.61 Å². The van der Waals surface area contributed by atoms with Gasteiger partial charge in [0, 0.05) is 12.1 Å². The minimum absolute atomic E-state index is 0.0712. The number of non-ortho nitro benzene ring substituents is 1. The minimum Gasteiger partial charge on any atom is -0.481 e. The fourth-order valence-corrected chi connectivity index (χ4v) is 2.09. The molecule has 0 fully saturated rings. The van der Waals surface area contributed by atoms with Gasteiger partial charge >= 0.3 is 12.1 Å². The highest BCUT2D eigenvalue weighted by atomic mass is 16.6. The summed E-state index contributed by atoms with van der Waals surface area (Å²) in [6.07, 6.45) is -1.17. The lowest BCUT2D eigenvalue weighted by molar-refractivity contribution is -0.384. The van der Waals surface area contributed by atoms with E-state index in [0.717, 1.165) is 5.01 Å². The Balaban J connectivity index is 2.03. The second kappa shape index (κ2) is 7.88. The van der Waals surface area contributed by atoms with E-state index in [4.69, 9.17) is 15.7 Å². The molecule has 2 aromatic rings. The Morgan fingerprint density at radius 3 is 2.40 bits per heavy atom. The van der Waals surface area contributed by atoms with Gasteiger partial charge in [-0.1, -0.05) is 18.2 Å². The Labute approximate surface area is 142 Å². The molecule has 3 N–H and O–H groups in total. The SMILES string of the molecule is NN(C(=O)OCc1ccc([N+](=O)[O-])cc1)c1ccccc1CC(=O)O. The number of anilines is 1. The van der Waals surface area contributed by atoms with Gasteiger partial charge in [-0.25, -0.2) is 15.6 Å². The molecule has 0 bridgehead atoms. The summed E-state index contributed by atoms with van der Waals surface area (Å²) in [6, 6.07) is 11.8. The molecule has 130 valence electrons. The number of carboxylic acids is 1. The van der Waals surface area contributed by atoms with E-state index in [0.29, 0.717) is 11.1 Å². The number of rotatable bonds is 6. The number of nitrogens with zero attached hydrogens (tertiary/aromatic N) is 2. The molecule has 0 saturated carbocycles. The Morgan fingerprint density at radius 2 is 1.80 bits per heavy atom. The van der Waals surface area contributed by atoms with Crippen molar-refractivity contribution in [3.8, 4) is 0 Å². The molecule has 0 radical (unpaired) electrons. The molecule has 0 spiro atoms. The van der Waals surface area contributed by atoms with E-state index in [1.807, 2.05) is 0 Å². The van der Waals surface area contributed by atoms with Crippen LogP contribution >= 0.6 is 0 Å². The number of benzene rings is 2. The van der Waals surface area contributed by atoms with E-state index in [9.17, 15) is 19.7 Å². The zero-order valence-electron chi connectivity index (χ0n) is 13.0. The van der Waals surface area contributed by atoms with E-state index in [1.54, 1.807) is 18.2 Å². The third kappa shape index (κ3) is 4.75. The van der Waals surface area contributed by atoms with Crippen molar-refractivity contribution in [3.05, 3.63) is 69.8 Å². The van der Waals surface area contributed by atoms with Crippen molar-refractivity contribution in [3.63, 3.8) is 0 Å². The Hall–Kier alpha value is -3.46. The summed E-state index contributed by atoms with van der Waals surface area (Å²) in [5.74, 6) is 4.66. The van der Waals surface area contributed by atoms with Crippen LogP contribution in [0.1, 0.15) is 11.1 Å². The van der Waals surface area contributed by atoms with Crippen LogP contribution in [0.25, 0.3) is 0 Å². The topological polar surface area (TPSA) is 136 Å². The standard InChI is InChI=1S/C16H15N3O6/c17-18(14-4-2-1-3-12(14)9-15(20)21)16(22)25-10-11-5-7-13(8-6-11)19(23)24/h1-8H,9-10,17H2,(H,20,21). The van der Waals surface area contributed by atoms with Crippen LogP contribution in [-0.4, -0.2) is 22.1 Å². The van der Waals surface area contributed by atoms with Gasteiger partial charge in [0.15, 0.2) is 0 Å². The molecule has 1 amide bonds. The van der Waals surface area contributed by atoms with Crippen molar-refractivity contribution in [2.75, 3.05) is 5.01 Å². The normalized spacial score (nSPS) is 10.1. The Morgan fingerprint density at radius 1 is 1.16 bits per heavy atom. The van der Waals surface area contributed by atoms with Crippen LogP contribution in [0.15, 0.2) is 48.5 Å². The predicted octanol–water partition coefficient (Wildman–Crippen LogP) is 2.24. The minimum atomic E-state index is -1.06. The van der Waals surface area contributed by atoms with E-state index in [-0.39, 0.29) is 24.4 Å². The van der Waals surface area contributed by atoms with Crippen LogP contribution in [-0.2, 0) is 22.6 Å². The maximum atomic E-state index is 12.1. The second-order valence-corrected chi connectivity index (χ2v) is 5.05. The average Bonchev–Trinajstić information content (AvgIpc) is 2.59. The van der Waals surface area contributed by atoms with Gasteiger partial charge in [0.05, 0.1) is 17.0 Å². The molecule has 0 atom stereocenters. The number of ether oxygens (including phenoxy) is 1. The number of nitrogens with two attached hydrogens (primary N) is 1. The molecule has 0 heterocycles. The zero-order chi connectivity index (χ0) is 18.4. The zero-order valence-corrected chi connectivity index (χ0v) is 13.0. The van der Waals surface area contributed by atoms with Gasteiger partial charge in [0.25, 0.3) is 5.69 Å². The Kier molecular flexibility index (Phi) is 5.64. The summed E-state index contributed by atoms with van der Waals surface area (Å²) in [6.45, 7) is -0.133. The molecule has 9 nitrogen and oxygen atoms in total. The van der Waals surface area contributed by atoms with Crippen LogP contribution in [0.4, 0.5) is 16.2 Å².